The summed E-state index contributed by atoms with van der Waals surface area (Å²) in [5.74, 6) is -2.74. The molecule has 1 unspecified atom stereocenters. The lowest BCUT2D eigenvalue weighted by Crippen LogP contribution is -2.66. The maximum absolute atomic E-state index is 12.7. The summed E-state index contributed by atoms with van der Waals surface area (Å²) in [4.78, 5) is 36.7. The fourth-order valence-corrected chi connectivity index (χ4v) is 5.18. The van der Waals surface area contributed by atoms with Crippen molar-refractivity contribution in [2.75, 3.05) is 24.7 Å². The predicted molar refractivity (Wildman–Crippen MR) is 152 cm³/mol. The highest BCUT2D eigenvalue weighted by atomic mass is 32.2. The van der Waals surface area contributed by atoms with E-state index in [1.807, 2.05) is 49.4 Å². The lowest BCUT2D eigenvalue weighted by Gasteiger charge is -2.46. The average molecular weight is 575 g/mol. The van der Waals surface area contributed by atoms with E-state index in [-0.39, 0.29) is 25.5 Å². The molecule has 0 radical (unpaired) electrons. The largest absolute Gasteiger partial charge is 0.477 e. The minimum absolute atomic E-state index is 0.0237. The lowest BCUT2D eigenvalue weighted by molar-refractivity contribution is -0.306. The number of nitrogens with one attached hydrogen (secondary N) is 2. The van der Waals surface area contributed by atoms with Gasteiger partial charge in [-0.2, -0.15) is 11.8 Å². The summed E-state index contributed by atoms with van der Waals surface area (Å²) in [6.07, 6.45) is -3.84. The Bertz CT molecular complexity index is 1120. The zero-order valence-electron chi connectivity index (χ0n) is 22.7. The van der Waals surface area contributed by atoms with Gasteiger partial charge in [-0.1, -0.05) is 49.4 Å². The summed E-state index contributed by atoms with van der Waals surface area (Å²) in [7, 11) is 0. The molecular weight excluding hydrogens is 536 g/mol. The van der Waals surface area contributed by atoms with E-state index in [0.29, 0.717) is 12.0 Å². The molecule has 3 rings (SSSR count). The third-order valence-corrected chi connectivity index (χ3v) is 7.59. The summed E-state index contributed by atoms with van der Waals surface area (Å²) in [6.45, 7) is 3.39. The van der Waals surface area contributed by atoms with Gasteiger partial charge in [0.1, 0.15) is 6.10 Å². The first-order valence-electron chi connectivity index (χ1n) is 13.4. The molecule has 0 saturated carbocycles. The van der Waals surface area contributed by atoms with Crippen molar-refractivity contribution < 1.29 is 39.2 Å². The van der Waals surface area contributed by atoms with Crippen LogP contribution in [-0.4, -0.2) is 87.9 Å². The van der Waals surface area contributed by atoms with Crippen LogP contribution in [0.4, 0.5) is 0 Å². The number of carbonyl (C=O) groups excluding carboxylic acids is 2. The van der Waals surface area contributed by atoms with Gasteiger partial charge in [0.2, 0.25) is 5.91 Å². The zero-order valence-corrected chi connectivity index (χ0v) is 23.6. The van der Waals surface area contributed by atoms with Crippen molar-refractivity contribution in [1.82, 2.24) is 10.6 Å². The summed E-state index contributed by atoms with van der Waals surface area (Å²) >= 11 is 1.68. The van der Waals surface area contributed by atoms with E-state index in [2.05, 4.69) is 10.6 Å². The predicted octanol–water partition coefficient (Wildman–Crippen LogP) is 2.43. The quantitative estimate of drug-likeness (QED) is 0.214. The molecule has 1 saturated heterocycles. The SMILES string of the molecule is CCSCCCO[C@]1(C(=O)O)C[C@H](O)C(NC(C)=O)[C@H]([C@H](O)CCNC(=O)c2ccc(-c3ccccc3)cc2)O1. The van der Waals surface area contributed by atoms with E-state index in [9.17, 15) is 29.7 Å². The Morgan fingerprint density at radius 3 is 2.42 bits per heavy atom. The Morgan fingerprint density at radius 2 is 1.80 bits per heavy atom. The van der Waals surface area contributed by atoms with Gasteiger partial charge < -0.3 is 35.4 Å². The molecule has 5 N–H and O–H groups in total. The number of amides is 2. The van der Waals surface area contributed by atoms with Gasteiger partial charge in [0, 0.05) is 25.5 Å². The monoisotopic (exact) mass is 574 g/mol. The molecule has 0 spiro atoms. The van der Waals surface area contributed by atoms with Crippen LogP contribution in [0.5, 0.6) is 0 Å². The number of hydrogen-bond acceptors (Lipinski definition) is 8. The highest BCUT2D eigenvalue weighted by molar-refractivity contribution is 7.99. The van der Waals surface area contributed by atoms with Crippen molar-refractivity contribution in [3.8, 4) is 11.1 Å². The molecule has 2 aromatic carbocycles. The molecule has 0 aliphatic carbocycles. The van der Waals surface area contributed by atoms with Gasteiger partial charge in [0.15, 0.2) is 0 Å². The fourth-order valence-electron chi connectivity index (χ4n) is 4.57. The number of thioether (sulfide) groups is 1. The lowest BCUT2D eigenvalue weighted by atomic mass is 9.89. The Hall–Kier alpha value is -2.96. The molecule has 11 heteroatoms. The first-order chi connectivity index (χ1) is 19.2. The molecule has 0 bridgehead atoms. The van der Waals surface area contributed by atoms with E-state index < -0.39 is 48.4 Å². The summed E-state index contributed by atoms with van der Waals surface area (Å²) in [5.41, 5.74) is 2.44. The van der Waals surface area contributed by atoms with Crippen LogP contribution in [0.25, 0.3) is 11.1 Å². The van der Waals surface area contributed by atoms with E-state index in [1.165, 1.54) is 6.92 Å². The smallest absolute Gasteiger partial charge is 0.364 e. The van der Waals surface area contributed by atoms with Crippen molar-refractivity contribution in [2.24, 2.45) is 0 Å². The molecular formula is C29H38N2O8S. The van der Waals surface area contributed by atoms with Crippen LogP contribution in [0.2, 0.25) is 0 Å². The number of rotatable bonds is 14. The maximum atomic E-state index is 12.7. The van der Waals surface area contributed by atoms with E-state index in [0.717, 1.165) is 22.6 Å². The molecule has 1 fully saturated rings. The number of aliphatic hydroxyl groups is 2. The number of carboxylic acid groups (broad SMARTS) is 1. The first kappa shape index (κ1) is 31.6. The highest BCUT2D eigenvalue weighted by Crippen LogP contribution is 2.33. The summed E-state index contributed by atoms with van der Waals surface area (Å²) < 4.78 is 11.5. The molecule has 2 amide bonds. The number of benzene rings is 2. The molecule has 10 nitrogen and oxygen atoms in total. The Morgan fingerprint density at radius 1 is 1.12 bits per heavy atom. The van der Waals surface area contributed by atoms with Gasteiger partial charge >= 0.3 is 5.97 Å². The van der Waals surface area contributed by atoms with Crippen LogP contribution in [0.3, 0.4) is 0 Å². The Labute approximate surface area is 238 Å². The van der Waals surface area contributed by atoms with Gasteiger partial charge in [0.05, 0.1) is 24.9 Å². The van der Waals surface area contributed by atoms with Crippen molar-refractivity contribution in [3.05, 3.63) is 60.2 Å². The molecule has 1 heterocycles. The Balaban J connectivity index is 1.63. The minimum atomic E-state index is -2.18. The van der Waals surface area contributed by atoms with E-state index in [1.54, 1.807) is 23.9 Å². The number of aliphatic carboxylic acids is 1. The fraction of sp³-hybridized carbons (Fsp3) is 0.483. The molecule has 1 aliphatic heterocycles. The standard InChI is InChI=1S/C29H38N2O8S/c1-3-40-17-7-16-38-29(28(36)37)18-24(34)25(31-19(2)32)26(39-29)23(33)14-15-30-27(35)22-12-10-21(11-13-22)20-8-5-4-6-9-20/h4-6,8-13,23-26,33-34H,3,7,14-18H2,1-2H3,(H,30,35)(H,31,32)(H,36,37)/t23-,24+,25?,26+,29-/m1/s1. The minimum Gasteiger partial charge on any atom is -0.477 e. The Kier molecular flexibility index (Phi) is 12.0. The van der Waals surface area contributed by atoms with E-state index in [4.69, 9.17) is 9.47 Å². The number of ether oxygens (including phenoxy) is 2. The van der Waals surface area contributed by atoms with Gasteiger partial charge in [-0.3, -0.25) is 9.59 Å². The van der Waals surface area contributed by atoms with Gasteiger partial charge in [0.25, 0.3) is 11.7 Å². The zero-order chi connectivity index (χ0) is 29.1. The molecule has 1 aliphatic rings. The third kappa shape index (κ3) is 8.52. The average Bonchev–Trinajstić information content (AvgIpc) is 2.94. The van der Waals surface area contributed by atoms with Crippen LogP contribution in [0.15, 0.2) is 54.6 Å². The maximum Gasteiger partial charge on any atom is 0.364 e. The molecule has 218 valence electrons. The molecule has 5 atom stereocenters. The van der Waals surface area contributed by atoms with Crippen LogP contribution in [0, 0.1) is 0 Å². The first-order valence-corrected chi connectivity index (χ1v) is 14.5. The number of aliphatic hydroxyl groups excluding tert-OH is 2. The van der Waals surface area contributed by atoms with Crippen LogP contribution < -0.4 is 10.6 Å². The normalized spacial score (nSPS) is 23.2. The molecule has 2 aromatic rings. The second kappa shape index (κ2) is 15.2. The third-order valence-electron chi connectivity index (χ3n) is 6.60. The number of hydrogen-bond donors (Lipinski definition) is 5. The summed E-state index contributed by atoms with van der Waals surface area (Å²) in [5, 5.41) is 37.0. The second-order valence-electron chi connectivity index (χ2n) is 9.59. The van der Waals surface area contributed by atoms with Crippen LogP contribution in [-0.2, 0) is 19.1 Å². The van der Waals surface area contributed by atoms with Crippen molar-refractivity contribution in [3.63, 3.8) is 0 Å². The second-order valence-corrected chi connectivity index (χ2v) is 11.0. The number of carbonyl (C=O) groups is 3. The van der Waals surface area contributed by atoms with E-state index >= 15 is 0 Å². The van der Waals surface area contributed by atoms with Gasteiger partial charge in [-0.05, 0) is 47.6 Å². The topological polar surface area (TPSA) is 154 Å². The number of carboxylic acids is 1. The van der Waals surface area contributed by atoms with Crippen molar-refractivity contribution >= 4 is 29.5 Å². The van der Waals surface area contributed by atoms with Gasteiger partial charge in [-0.15, -0.1) is 0 Å². The molecule has 0 aromatic heterocycles. The molecule has 40 heavy (non-hydrogen) atoms. The summed E-state index contributed by atoms with van der Waals surface area (Å²) in [6, 6.07) is 15.8. The van der Waals surface area contributed by atoms with Crippen LogP contribution >= 0.6 is 11.8 Å². The van der Waals surface area contributed by atoms with Gasteiger partial charge in [-0.25, -0.2) is 4.79 Å². The van der Waals surface area contributed by atoms with Crippen molar-refractivity contribution in [2.45, 2.75) is 63.3 Å². The van der Waals surface area contributed by atoms with Crippen LogP contribution in [0.1, 0.15) is 43.5 Å². The van der Waals surface area contributed by atoms with Crippen molar-refractivity contribution in [1.29, 1.82) is 0 Å². The highest BCUT2D eigenvalue weighted by Gasteiger charge is 2.54.